The van der Waals surface area contributed by atoms with Crippen molar-refractivity contribution in [2.45, 2.75) is 26.7 Å². The number of aromatic nitrogens is 1. The van der Waals surface area contributed by atoms with E-state index in [2.05, 4.69) is 10.3 Å². The molecule has 1 aromatic heterocycles. The van der Waals surface area contributed by atoms with Crippen LogP contribution in [0.2, 0.25) is 0 Å². The van der Waals surface area contributed by atoms with E-state index in [-0.39, 0.29) is 5.56 Å². The lowest BCUT2D eigenvalue weighted by atomic mass is 10.2. The minimum atomic E-state index is -0.472. The second-order valence-corrected chi connectivity index (χ2v) is 5.23. The van der Waals surface area contributed by atoms with Gasteiger partial charge in [0.1, 0.15) is 5.56 Å². The third-order valence-corrected chi connectivity index (χ3v) is 3.19. The van der Waals surface area contributed by atoms with Crippen LogP contribution in [0.1, 0.15) is 37.0 Å². The van der Waals surface area contributed by atoms with Gasteiger partial charge < -0.3 is 19.8 Å². The summed E-state index contributed by atoms with van der Waals surface area (Å²) in [6.45, 7) is 5.18. The molecule has 0 aliphatic heterocycles. The number of carbonyl (C=O) groups excluding carboxylic acids is 1. The lowest BCUT2D eigenvalue weighted by Crippen LogP contribution is -2.22. The van der Waals surface area contributed by atoms with Crippen LogP contribution in [0.15, 0.2) is 41.3 Å². The Morgan fingerprint density at radius 1 is 1.08 bits per heavy atom. The van der Waals surface area contributed by atoms with Crippen LogP contribution in [0.3, 0.4) is 0 Å². The average Bonchev–Trinajstić information content (AvgIpc) is 2.59. The summed E-state index contributed by atoms with van der Waals surface area (Å²) >= 11 is 0. The molecular formula is C18H22N2O4. The Balaban J connectivity index is 2.19. The van der Waals surface area contributed by atoms with Crippen LogP contribution in [0.25, 0.3) is 0 Å². The minimum absolute atomic E-state index is 0.0554. The molecule has 0 spiro atoms. The fraction of sp³-hybridized carbons (Fsp3) is 0.333. The van der Waals surface area contributed by atoms with Crippen molar-refractivity contribution in [2.75, 3.05) is 18.5 Å². The van der Waals surface area contributed by atoms with Gasteiger partial charge in [0.15, 0.2) is 11.5 Å². The van der Waals surface area contributed by atoms with E-state index in [9.17, 15) is 9.59 Å². The molecule has 0 saturated carbocycles. The van der Waals surface area contributed by atoms with Gasteiger partial charge in [-0.25, -0.2) is 0 Å². The maximum absolute atomic E-state index is 12.2. The molecule has 6 nitrogen and oxygen atoms in total. The molecule has 6 heteroatoms. The molecule has 2 rings (SSSR count). The summed E-state index contributed by atoms with van der Waals surface area (Å²) in [6.07, 6.45) is 3.24. The standard InChI is InChI=1S/C18H22N2O4/c1-3-10-23-15-8-7-13(12-16(15)24-11-4-2)20-18(22)14-6-5-9-19-17(14)21/h5-9,12H,3-4,10-11H2,1-2H3,(H,19,21)(H,20,22). The zero-order chi connectivity index (χ0) is 17.4. The molecule has 2 N–H and O–H groups in total. The molecule has 0 radical (unpaired) electrons. The fourth-order valence-electron chi connectivity index (χ4n) is 2.04. The van der Waals surface area contributed by atoms with Gasteiger partial charge in [0, 0.05) is 18.0 Å². The second-order valence-electron chi connectivity index (χ2n) is 5.23. The third-order valence-electron chi connectivity index (χ3n) is 3.19. The Morgan fingerprint density at radius 3 is 2.46 bits per heavy atom. The molecule has 1 heterocycles. The molecular weight excluding hydrogens is 308 g/mol. The predicted octanol–water partition coefficient (Wildman–Crippen LogP) is 3.20. The highest BCUT2D eigenvalue weighted by Gasteiger charge is 2.12. The molecule has 1 aromatic carbocycles. The van der Waals surface area contributed by atoms with Crippen molar-refractivity contribution in [3.63, 3.8) is 0 Å². The van der Waals surface area contributed by atoms with Crippen LogP contribution >= 0.6 is 0 Å². The summed E-state index contributed by atoms with van der Waals surface area (Å²) in [5, 5.41) is 2.70. The smallest absolute Gasteiger partial charge is 0.261 e. The topological polar surface area (TPSA) is 80.4 Å². The van der Waals surface area contributed by atoms with Crippen molar-refractivity contribution in [3.8, 4) is 11.5 Å². The number of rotatable bonds is 8. The second kappa shape index (κ2) is 8.76. The first-order valence-corrected chi connectivity index (χ1v) is 8.04. The number of ether oxygens (including phenoxy) is 2. The average molecular weight is 330 g/mol. The zero-order valence-corrected chi connectivity index (χ0v) is 13.9. The Bertz CT molecular complexity index is 740. The van der Waals surface area contributed by atoms with Gasteiger partial charge >= 0.3 is 0 Å². The van der Waals surface area contributed by atoms with Gasteiger partial charge in [-0.3, -0.25) is 9.59 Å². The van der Waals surface area contributed by atoms with Crippen molar-refractivity contribution in [3.05, 3.63) is 52.4 Å². The fourth-order valence-corrected chi connectivity index (χ4v) is 2.04. The number of pyridine rings is 1. The van der Waals surface area contributed by atoms with Gasteiger partial charge in [0.25, 0.3) is 11.5 Å². The van der Waals surface area contributed by atoms with Crippen molar-refractivity contribution in [2.24, 2.45) is 0 Å². The summed E-state index contributed by atoms with van der Waals surface area (Å²) in [7, 11) is 0. The molecule has 0 atom stereocenters. The first-order valence-electron chi connectivity index (χ1n) is 8.04. The predicted molar refractivity (Wildman–Crippen MR) is 93.0 cm³/mol. The van der Waals surface area contributed by atoms with E-state index in [4.69, 9.17) is 9.47 Å². The molecule has 0 aliphatic carbocycles. The monoisotopic (exact) mass is 330 g/mol. The zero-order valence-electron chi connectivity index (χ0n) is 13.9. The molecule has 0 bridgehead atoms. The third kappa shape index (κ3) is 4.62. The van der Waals surface area contributed by atoms with Gasteiger partial charge in [-0.15, -0.1) is 0 Å². The highest BCUT2D eigenvalue weighted by Crippen LogP contribution is 2.31. The van der Waals surface area contributed by atoms with E-state index < -0.39 is 11.5 Å². The van der Waals surface area contributed by atoms with Crippen LogP contribution < -0.4 is 20.3 Å². The Hall–Kier alpha value is -2.76. The van der Waals surface area contributed by atoms with Gasteiger partial charge in [0.2, 0.25) is 0 Å². The van der Waals surface area contributed by atoms with E-state index >= 15 is 0 Å². The van der Waals surface area contributed by atoms with Crippen molar-refractivity contribution in [1.29, 1.82) is 0 Å². The normalized spacial score (nSPS) is 10.2. The lowest BCUT2D eigenvalue weighted by Gasteiger charge is -2.14. The molecule has 0 aliphatic rings. The Kier molecular flexibility index (Phi) is 6.42. The van der Waals surface area contributed by atoms with Crippen LogP contribution in [-0.2, 0) is 0 Å². The summed E-state index contributed by atoms with van der Waals surface area (Å²) in [4.78, 5) is 26.4. The number of anilines is 1. The number of benzene rings is 1. The van der Waals surface area contributed by atoms with Gasteiger partial charge in [-0.2, -0.15) is 0 Å². The van der Waals surface area contributed by atoms with Crippen molar-refractivity contribution < 1.29 is 14.3 Å². The molecule has 1 amide bonds. The maximum Gasteiger partial charge on any atom is 0.261 e. The SMILES string of the molecule is CCCOc1ccc(NC(=O)c2ccc[nH]c2=O)cc1OCCC. The quantitative estimate of drug-likeness (QED) is 0.779. The molecule has 0 fully saturated rings. The first-order chi connectivity index (χ1) is 11.7. The Morgan fingerprint density at radius 2 is 1.79 bits per heavy atom. The highest BCUT2D eigenvalue weighted by atomic mass is 16.5. The van der Waals surface area contributed by atoms with Crippen molar-refractivity contribution in [1.82, 2.24) is 4.98 Å². The number of hydrogen-bond donors (Lipinski definition) is 2. The summed E-state index contributed by atoms with van der Waals surface area (Å²) in [5.74, 6) is 0.742. The molecule has 2 aromatic rings. The first kappa shape index (κ1) is 17.6. The summed E-state index contributed by atoms with van der Waals surface area (Å²) in [5.41, 5.74) is 0.165. The van der Waals surface area contributed by atoms with Gasteiger partial charge in [0.05, 0.1) is 13.2 Å². The maximum atomic E-state index is 12.2. The van der Waals surface area contributed by atoms with Crippen LogP contribution in [-0.4, -0.2) is 24.1 Å². The summed E-state index contributed by atoms with van der Waals surface area (Å²) in [6, 6.07) is 8.26. The lowest BCUT2D eigenvalue weighted by molar-refractivity contribution is 0.102. The molecule has 24 heavy (non-hydrogen) atoms. The molecule has 0 unspecified atom stereocenters. The van der Waals surface area contributed by atoms with E-state index in [0.717, 1.165) is 12.8 Å². The molecule has 0 saturated heterocycles. The number of H-pyrrole nitrogens is 1. The van der Waals surface area contributed by atoms with E-state index in [1.54, 1.807) is 24.3 Å². The summed E-state index contributed by atoms with van der Waals surface area (Å²) < 4.78 is 11.3. The van der Waals surface area contributed by atoms with E-state index in [1.165, 1.54) is 12.3 Å². The largest absolute Gasteiger partial charge is 0.490 e. The van der Waals surface area contributed by atoms with Crippen LogP contribution in [0, 0.1) is 0 Å². The molecule has 128 valence electrons. The number of hydrogen-bond acceptors (Lipinski definition) is 4. The van der Waals surface area contributed by atoms with Gasteiger partial charge in [-0.1, -0.05) is 13.8 Å². The van der Waals surface area contributed by atoms with Crippen molar-refractivity contribution >= 4 is 11.6 Å². The Labute approximate surface area is 140 Å². The minimum Gasteiger partial charge on any atom is -0.490 e. The number of carbonyl (C=O) groups is 1. The van der Waals surface area contributed by atoms with Crippen LogP contribution in [0.5, 0.6) is 11.5 Å². The van der Waals surface area contributed by atoms with Crippen LogP contribution in [0.4, 0.5) is 5.69 Å². The highest BCUT2D eigenvalue weighted by molar-refractivity contribution is 6.04. The van der Waals surface area contributed by atoms with E-state index in [1.807, 2.05) is 13.8 Å². The number of aromatic amines is 1. The van der Waals surface area contributed by atoms with E-state index in [0.29, 0.717) is 30.4 Å². The van der Waals surface area contributed by atoms with Gasteiger partial charge in [-0.05, 0) is 37.1 Å². The number of amides is 1. The number of nitrogens with one attached hydrogen (secondary N) is 2.